The first-order chi connectivity index (χ1) is 11.7. The lowest BCUT2D eigenvalue weighted by molar-refractivity contribution is 0.308. The Morgan fingerprint density at radius 1 is 1.24 bits per heavy atom. The average molecular weight is 407 g/mol. The number of sulfonamides is 1. The molecule has 0 unspecified atom stereocenters. The maximum absolute atomic E-state index is 12.6. The summed E-state index contributed by atoms with van der Waals surface area (Å²) in [7, 11) is -4.65. The summed E-state index contributed by atoms with van der Waals surface area (Å²) in [6.07, 6.45) is 1.28. The first-order valence-electron chi connectivity index (χ1n) is 7.09. The van der Waals surface area contributed by atoms with E-state index in [9.17, 15) is 16.8 Å². The van der Waals surface area contributed by atoms with Gasteiger partial charge in [-0.2, -0.15) is 4.31 Å². The van der Waals surface area contributed by atoms with E-state index in [2.05, 4.69) is 10.2 Å². The third kappa shape index (κ3) is 3.01. The molecule has 1 saturated heterocycles. The molecule has 1 aliphatic rings. The molecule has 0 bridgehead atoms. The standard InChI is InChI=1S/C13H15ClN4O5S2/c1-17-8-15-16-13(17)24(19,20)10-6-18(7-10)25(21,22)9-3-4-12(23-2)11(14)5-9/h3-5,8,10H,6-7H2,1-2H3. The van der Waals surface area contributed by atoms with Gasteiger partial charge in [-0.1, -0.05) is 11.6 Å². The largest absolute Gasteiger partial charge is 0.495 e. The van der Waals surface area contributed by atoms with E-state index in [1.165, 1.54) is 43.3 Å². The van der Waals surface area contributed by atoms with Gasteiger partial charge in [0.25, 0.3) is 0 Å². The third-order valence-corrected chi connectivity index (χ3v) is 8.12. The van der Waals surface area contributed by atoms with Crippen molar-refractivity contribution in [2.45, 2.75) is 15.3 Å². The number of benzene rings is 1. The zero-order valence-corrected chi connectivity index (χ0v) is 15.7. The zero-order valence-electron chi connectivity index (χ0n) is 13.3. The lowest BCUT2D eigenvalue weighted by atomic mass is 10.3. The van der Waals surface area contributed by atoms with E-state index < -0.39 is 25.1 Å². The van der Waals surface area contributed by atoms with E-state index in [0.29, 0.717) is 5.75 Å². The normalized spacial score (nSPS) is 16.6. The van der Waals surface area contributed by atoms with Crippen molar-refractivity contribution in [1.29, 1.82) is 0 Å². The minimum absolute atomic E-state index is 0.0205. The fourth-order valence-electron chi connectivity index (χ4n) is 2.43. The van der Waals surface area contributed by atoms with E-state index in [1.807, 2.05) is 0 Å². The molecule has 2 aromatic rings. The van der Waals surface area contributed by atoms with Gasteiger partial charge in [0.2, 0.25) is 25.0 Å². The van der Waals surface area contributed by atoms with Gasteiger partial charge in [0, 0.05) is 20.1 Å². The highest BCUT2D eigenvalue weighted by molar-refractivity contribution is 7.92. The van der Waals surface area contributed by atoms with E-state index in [1.54, 1.807) is 0 Å². The first-order valence-corrected chi connectivity index (χ1v) is 10.5. The molecule has 12 heteroatoms. The monoisotopic (exact) mass is 406 g/mol. The summed E-state index contributed by atoms with van der Waals surface area (Å²) in [5.74, 6) is 0.354. The fraction of sp³-hybridized carbons (Fsp3) is 0.385. The van der Waals surface area contributed by atoms with Crippen LogP contribution in [0.3, 0.4) is 0 Å². The molecule has 9 nitrogen and oxygen atoms in total. The second-order valence-electron chi connectivity index (χ2n) is 5.51. The van der Waals surface area contributed by atoms with Crippen LogP contribution in [0.15, 0.2) is 34.6 Å². The Kier molecular flexibility index (Phi) is 4.52. The summed E-state index contributed by atoms with van der Waals surface area (Å²) in [6, 6.07) is 4.09. The predicted octanol–water partition coefficient (Wildman–Crippen LogP) is 0.324. The van der Waals surface area contributed by atoms with Crippen LogP contribution < -0.4 is 4.74 Å². The minimum atomic E-state index is -3.84. The van der Waals surface area contributed by atoms with Gasteiger partial charge >= 0.3 is 0 Å². The van der Waals surface area contributed by atoms with Crippen molar-refractivity contribution >= 4 is 31.5 Å². The van der Waals surface area contributed by atoms with Crippen molar-refractivity contribution in [3.05, 3.63) is 29.5 Å². The Hall–Kier alpha value is -1.69. The summed E-state index contributed by atoms with van der Waals surface area (Å²) in [5.41, 5.74) is 0. The summed E-state index contributed by atoms with van der Waals surface area (Å²) in [5, 5.41) is 6.26. The maximum atomic E-state index is 12.6. The van der Waals surface area contributed by atoms with Gasteiger partial charge < -0.3 is 9.30 Å². The number of hydrogen-bond donors (Lipinski definition) is 0. The van der Waals surface area contributed by atoms with Crippen LogP contribution in [0.4, 0.5) is 0 Å². The van der Waals surface area contributed by atoms with Crippen LogP contribution in [-0.4, -0.2) is 61.4 Å². The van der Waals surface area contributed by atoms with E-state index in [4.69, 9.17) is 16.3 Å². The number of methoxy groups -OCH3 is 1. The molecule has 0 radical (unpaired) electrons. The number of hydrogen-bond acceptors (Lipinski definition) is 7. The predicted molar refractivity (Wildman–Crippen MR) is 88.7 cm³/mol. The number of ether oxygens (including phenoxy) is 1. The molecule has 0 N–H and O–H groups in total. The summed E-state index contributed by atoms with van der Waals surface area (Å²) in [6.45, 7) is -0.303. The van der Waals surface area contributed by atoms with Crippen molar-refractivity contribution in [3.63, 3.8) is 0 Å². The zero-order chi connectivity index (χ0) is 18.4. The third-order valence-electron chi connectivity index (χ3n) is 3.94. The summed E-state index contributed by atoms with van der Waals surface area (Å²) in [4.78, 5) is -0.0205. The molecule has 2 heterocycles. The molecule has 0 spiro atoms. The molecule has 0 aliphatic carbocycles. The van der Waals surface area contributed by atoms with Crippen molar-refractivity contribution in [3.8, 4) is 5.75 Å². The molecule has 0 amide bonds. The molecule has 1 aromatic heterocycles. The SMILES string of the molecule is COc1ccc(S(=O)(=O)N2CC(S(=O)(=O)c3nncn3C)C2)cc1Cl. The quantitative estimate of drug-likeness (QED) is 0.703. The van der Waals surface area contributed by atoms with Gasteiger partial charge in [-0.3, -0.25) is 0 Å². The number of nitrogens with zero attached hydrogens (tertiary/aromatic N) is 4. The maximum Gasteiger partial charge on any atom is 0.249 e. The highest BCUT2D eigenvalue weighted by atomic mass is 35.5. The molecule has 1 fully saturated rings. The molecule has 1 aromatic carbocycles. The van der Waals surface area contributed by atoms with E-state index in [0.717, 1.165) is 4.31 Å². The van der Waals surface area contributed by atoms with Crippen LogP contribution in [0.1, 0.15) is 0 Å². The van der Waals surface area contributed by atoms with Crippen LogP contribution in [0, 0.1) is 0 Å². The highest BCUT2D eigenvalue weighted by Crippen LogP contribution is 2.31. The number of aromatic nitrogens is 3. The molecule has 1 aliphatic heterocycles. The number of sulfone groups is 1. The van der Waals surface area contributed by atoms with Gasteiger partial charge in [0.15, 0.2) is 0 Å². The van der Waals surface area contributed by atoms with Crippen LogP contribution in [-0.2, 0) is 26.9 Å². The Morgan fingerprint density at radius 3 is 2.44 bits per heavy atom. The molecule has 3 rings (SSSR count). The molecule has 136 valence electrons. The van der Waals surface area contributed by atoms with Gasteiger partial charge in [0.05, 0.1) is 22.3 Å². The average Bonchev–Trinajstić information content (AvgIpc) is 2.92. The van der Waals surface area contributed by atoms with Gasteiger partial charge in [0.1, 0.15) is 12.1 Å². The number of rotatable bonds is 5. The lowest BCUT2D eigenvalue weighted by Gasteiger charge is -2.36. The second kappa shape index (κ2) is 6.24. The Morgan fingerprint density at radius 2 is 1.92 bits per heavy atom. The number of aryl methyl sites for hydroxylation is 1. The fourth-order valence-corrected chi connectivity index (χ4v) is 6.16. The van der Waals surface area contributed by atoms with Crippen molar-refractivity contribution < 1.29 is 21.6 Å². The van der Waals surface area contributed by atoms with Gasteiger partial charge in [-0.05, 0) is 18.2 Å². The summed E-state index contributed by atoms with van der Waals surface area (Å²) < 4.78 is 57.5. The second-order valence-corrected chi connectivity index (χ2v) is 9.98. The van der Waals surface area contributed by atoms with Crippen molar-refractivity contribution in [1.82, 2.24) is 19.1 Å². The minimum Gasteiger partial charge on any atom is -0.495 e. The Balaban J connectivity index is 1.80. The smallest absolute Gasteiger partial charge is 0.249 e. The summed E-state index contributed by atoms with van der Waals surface area (Å²) >= 11 is 5.97. The van der Waals surface area contributed by atoms with Crippen molar-refractivity contribution in [2.75, 3.05) is 20.2 Å². The van der Waals surface area contributed by atoms with E-state index >= 15 is 0 Å². The topological polar surface area (TPSA) is 111 Å². The van der Waals surface area contributed by atoms with Crippen molar-refractivity contribution in [2.24, 2.45) is 7.05 Å². The number of halogens is 1. The van der Waals surface area contributed by atoms with Crippen LogP contribution in [0.2, 0.25) is 5.02 Å². The van der Waals surface area contributed by atoms with E-state index in [-0.39, 0.29) is 28.2 Å². The first kappa shape index (κ1) is 18.1. The van der Waals surface area contributed by atoms with Crippen LogP contribution in [0.5, 0.6) is 5.75 Å². The molecular formula is C13H15ClN4O5S2. The molecule has 25 heavy (non-hydrogen) atoms. The van der Waals surface area contributed by atoms with Gasteiger partial charge in [-0.15, -0.1) is 10.2 Å². The lowest BCUT2D eigenvalue weighted by Crippen LogP contribution is -2.56. The molecular weight excluding hydrogens is 392 g/mol. The van der Waals surface area contributed by atoms with Crippen LogP contribution in [0.25, 0.3) is 0 Å². The van der Waals surface area contributed by atoms with Crippen LogP contribution >= 0.6 is 11.6 Å². The van der Waals surface area contributed by atoms with Gasteiger partial charge in [-0.25, -0.2) is 16.8 Å². The highest BCUT2D eigenvalue weighted by Gasteiger charge is 2.45. The molecule has 0 atom stereocenters. The Labute approximate surface area is 150 Å². The Bertz CT molecular complexity index is 1010. The molecule has 0 saturated carbocycles.